The Bertz CT molecular complexity index is 1680. The molecule has 11 nitrogen and oxygen atoms in total. The summed E-state index contributed by atoms with van der Waals surface area (Å²) in [5, 5.41) is 15.6. The van der Waals surface area contributed by atoms with E-state index < -0.39 is 0 Å². The van der Waals surface area contributed by atoms with Crippen molar-refractivity contribution in [3.8, 4) is 23.1 Å². The van der Waals surface area contributed by atoms with Gasteiger partial charge in [-0.15, -0.1) is 0 Å². The van der Waals surface area contributed by atoms with Crippen LogP contribution in [-0.4, -0.2) is 60.6 Å². The number of nitrogens with one attached hydrogen (secondary N) is 2. The number of pyridine rings is 2. The van der Waals surface area contributed by atoms with Gasteiger partial charge in [0.15, 0.2) is 11.5 Å². The summed E-state index contributed by atoms with van der Waals surface area (Å²) in [6.45, 7) is 2.82. The SMILES string of the molecule is CNc1ccc2nc(-c3cccnc3N)n(-c3ccc(CN4CCC(Nc5ccnc(C#N)n5)CC4)cc3)c2n1. The Kier molecular flexibility index (Phi) is 6.91. The first-order chi connectivity index (χ1) is 19.6. The number of rotatable bonds is 7. The molecule has 0 unspecified atom stereocenters. The predicted octanol–water partition coefficient (Wildman–Crippen LogP) is 3.84. The zero-order chi connectivity index (χ0) is 27.5. The summed E-state index contributed by atoms with van der Waals surface area (Å²) < 4.78 is 2.04. The summed E-state index contributed by atoms with van der Waals surface area (Å²) in [7, 11) is 1.85. The van der Waals surface area contributed by atoms with Crippen molar-refractivity contribution >= 4 is 28.6 Å². The van der Waals surface area contributed by atoms with E-state index in [0.717, 1.165) is 60.7 Å². The van der Waals surface area contributed by atoms with Gasteiger partial charge in [0.25, 0.3) is 0 Å². The minimum atomic E-state index is 0.184. The first-order valence-corrected chi connectivity index (χ1v) is 13.2. The van der Waals surface area contributed by atoms with E-state index in [4.69, 9.17) is 21.0 Å². The van der Waals surface area contributed by atoms with Crippen molar-refractivity contribution in [1.29, 1.82) is 5.26 Å². The van der Waals surface area contributed by atoms with Gasteiger partial charge in [-0.1, -0.05) is 12.1 Å². The monoisotopic (exact) mass is 531 g/mol. The third-order valence-electron chi connectivity index (χ3n) is 7.14. The number of nitrogen functional groups attached to an aromatic ring is 1. The summed E-state index contributed by atoms with van der Waals surface area (Å²) in [6.07, 6.45) is 5.29. The lowest BCUT2D eigenvalue weighted by molar-refractivity contribution is 0.211. The molecular weight excluding hydrogens is 502 g/mol. The van der Waals surface area contributed by atoms with Crippen LogP contribution in [0.3, 0.4) is 0 Å². The van der Waals surface area contributed by atoms with Gasteiger partial charge in [-0.2, -0.15) is 5.26 Å². The van der Waals surface area contributed by atoms with E-state index in [1.807, 2.05) is 41.9 Å². The number of nitrogens with two attached hydrogens (primary N) is 1. The molecule has 0 spiro atoms. The number of aromatic nitrogens is 6. The van der Waals surface area contributed by atoms with Gasteiger partial charge in [0.2, 0.25) is 5.82 Å². The number of anilines is 3. The second-order valence-corrected chi connectivity index (χ2v) is 9.73. The van der Waals surface area contributed by atoms with Crippen LogP contribution in [0.1, 0.15) is 24.2 Å². The molecule has 5 heterocycles. The zero-order valence-electron chi connectivity index (χ0n) is 22.1. The van der Waals surface area contributed by atoms with E-state index >= 15 is 0 Å². The molecule has 5 aromatic rings. The smallest absolute Gasteiger partial charge is 0.234 e. The number of benzene rings is 1. The summed E-state index contributed by atoms with van der Waals surface area (Å²) in [4.78, 5) is 24.6. The number of hydrogen-bond donors (Lipinski definition) is 3. The molecule has 1 aliphatic heterocycles. The Morgan fingerprint density at radius 2 is 1.77 bits per heavy atom. The highest BCUT2D eigenvalue weighted by Crippen LogP contribution is 2.31. The van der Waals surface area contributed by atoms with Crippen LogP contribution >= 0.6 is 0 Å². The van der Waals surface area contributed by atoms with Crippen LogP contribution < -0.4 is 16.4 Å². The number of likely N-dealkylation sites (tertiary alicyclic amines) is 1. The highest BCUT2D eigenvalue weighted by Gasteiger charge is 2.21. The van der Waals surface area contributed by atoms with Gasteiger partial charge in [0.1, 0.15) is 29.0 Å². The third-order valence-corrected chi connectivity index (χ3v) is 7.14. The molecule has 1 saturated heterocycles. The van der Waals surface area contributed by atoms with Crippen molar-refractivity contribution in [2.24, 2.45) is 0 Å². The molecule has 1 aromatic carbocycles. The van der Waals surface area contributed by atoms with Crippen LogP contribution in [0.5, 0.6) is 0 Å². The summed E-state index contributed by atoms with van der Waals surface area (Å²) in [5.74, 6) is 2.78. The third kappa shape index (κ3) is 5.12. The van der Waals surface area contributed by atoms with Crippen LogP contribution in [0.15, 0.2) is 67.0 Å². The number of fused-ring (bicyclic) bond motifs is 1. The van der Waals surface area contributed by atoms with Crippen LogP contribution in [0.4, 0.5) is 17.5 Å². The average Bonchev–Trinajstić information content (AvgIpc) is 3.37. The van der Waals surface area contributed by atoms with Crippen LogP contribution in [0.25, 0.3) is 28.2 Å². The lowest BCUT2D eigenvalue weighted by atomic mass is 10.0. The molecule has 0 bridgehead atoms. The summed E-state index contributed by atoms with van der Waals surface area (Å²) in [5.41, 5.74) is 10.7. The average molecular weight is 532 g/mol. The quantitative estimate of drug-likeness (QED) is 0.283. The first kappa shape index (κ1) is 25.2. The second kappa shape index (κ2) is 11.0. The van der Waals surface area contributed by atoms with Crippen molar-refractivity contribution < 1.29 is 0 Å². The minimum Gasteiger partial charge on any atom is -0.383 e. The van der Waals surface area contributed by atoms with Crippen molar-refractivity contribution in [1.82, 2.24) is 34.4 Å². The Balaban J connectivity index is 1.19. The molecular formula is C29H29N11. The number of piperidine rings is 1. The maximum atomic E-state index is 9.03. The lowest BCUT2D eigenvalue weighted by Crippen LogP contribution is -2.38. The molecule has 0 amide bonds. The van der Waals surface area contributed by atoms with Gasteiger partial charge in [-0.05, 0) is 60.9 Å². The molecule has 4 N–H and O–H groups in total. The first-order valence-electron chi connectivity index (χ1n) is 13.2. The predicted molar refractivity (Wildman–Crippen MR) is 155 cm³/mol. The van der Waals surface area contributed by atoms with Gasteiger partial charge in [-0.3, -0.25) is 9.47 Å². The number of imidazole rings is 1. The van der Waals surface area contributed by atoms with E-state index in [-0.39, 0.29) is 5.82 Å². The van der Waals surface area contributed by atoms with Gasteiger partial charge in [-0.25, -0.2) is 24.9 Å². The minimum absolute atomic E-state index is 0.184. The van der Waals surface area contributed by atoms with E-state index in [2.05, 4.69) is 54.8 Å². The molecule has 4 aromatic heterocycles. The highest BCUT2D eigenvalue weighted by molar-refractivity contribution is 5.83. The van der Waals surface area contributed by atoms with Crippen LogP contribution in [-0.2, 0) is 6.54 Å². The Labute approximate surface area is 231 Å². The molecule has 0 saturated carbocycles. The molecule has 0 radical (unpaired) electrons. The molecule has 1 fully saturated rings. The van der Waals surface area contributed by atoms with Gasteiger partial charge in [0.05, 0.1) is 5.56 Å². The second-order valence-electron chi connectivity index (χ2n) is 9.73. The maximum absolute atomic E-state index is 9.03. The molecule has 200 valence electrons. The maximum Gasteiger partial charge on any atom is 0.234 e. The Morgan fingerprint density at radius 3 is 2.52 bits per heavy atom. The van der Waals surface area contributed by atoms with E-state index in [1.54, 1.807) is 18.5 Å². The fraction of sp³-hybridized carbons (Fsp3) is 0.241. The number of nitriles is 1. The topological polar surface area (TPSA) is 146 Å². The largest absolute Gasteiger partial charge is 0.383 e. The number of hydrogen-bond acceptors (Lipinski definition) is 10. The fourth-order valence-corrected chi connectivity index (χ4v) is 5.07. The standard InChI is InChI=1S/C29H29N11/c1-32-24-9-8-23-29(38-24)40(28(36-23)22-3-2-13-34-27(22)31)21-6-4-19(5-7-21)18-39-15-11-20(12-16-39)35-25-10-14-33-26(17-30)37-25/h2-10,13-14,20H,11-12,15-16,18H2,1H3,(H2,31,34)(H,32,38)(H,33,35,37). The van der Waals surface area contributed by atoms with Crippen molar-refractivity contribution in [2.45, 2.75) is 25.4 Å². The number of nitrogens with zero attached hydrogens (tertiary/aromatic N) is 8. The van der Waals surface area contributed by atoms with Gasteiger partial charge in [0, 0.05) is 50.8 Å². The van der Waals surface area contributed by atoms with Crippen molar-refractivity contribution in [2.75, 3.05) is 36.5 Å². The van der Waals surface area contributed by atoms with E-state index in [1.165, 1.54) is 5.56 Å². The lowest BCUT2D eigenvalue weighted by Gasteiger charge is -2.32. The van der Waals surface area contributed by atoms with Crippen LogP contribution in [0.2, 0.25) is 0 Å². The molecule has 0 atom stereocenters. The molecule has 1 aliphatic rings. The highest BCUT2D eigenvalue weighted by atomic mass is 15.2. The molecule has 0 aliphatic carbocycles. The molecule has 11 heteroatoms. The van der Waals surface area contributed by atoms with E-state index in [9.17, 15) is 0 Å². The van der Waals surface area contributed by atoms with Gasteiger partial charge >= 0.3 is 0 Å². The molecule has 6 rings (SSSR count). The zero-order valence-corrected chi connectivity index (χ0v) is 22.1. The Hall–Kier alpha value is -5.08. The normalized spacial score (nSPS) is 14.2. The van der Waals surface area contributed by atoms with Crippen molar-refractivity contribution in [3.05, 3.63) is 78.4 Å². The summed E-state index contributed by atoms with van der Waals surface area (Å²) in [6, 6.07) is 20.3. The fourth-order valence-electron chi connectivity index (χ4n) is 5.07. The van der Waals surface area contributed by atoms with Gasteiger partial charge < -0.3 is 16.4 Å². The summed E-state index contributed by atoms with van der Waals surface area (Å²) >= 11 is 0. The molecule has 40 heavy (non-hydrogen) atoms. The Morgan fingerprint density at radius 1 is 0.950 bits per heavy atom. The van der Waals surface area contributed by atoms with Crippen LogP contribution in [0, 0.1) is 11.3 Å². The van der Waals surface area contributed by atoms with Crippen molar-refractivity contribution in [3.63, 3.8) is 0 Å². The van der Waals surface area contributed by atoms with E-state index in [0.29, 0.717) is 23.5 Å².